The minimum atomic E-state index is -0.105. The van der Waals surface area contributed by atoms with E-state index >= 15 is 0 Å². The van der Waals surface area contributed by atoms with Gasteiger partial charge in [0, 0.05) is 43.1 Å². The van der Waals surface area contributed by atoms with Crippen LogP contribution in [0.1, 0.15) is 26.3 Å². The SMILES string of the molecule is CCOCCN(C(=O)CCl)C(=C(C)C)c1ccccc1.C[n+]1ccc(-c2cc[n+](C)cc2)cc1. The number of aromatic nitrogens is 2. The highest BCUT2D eigenvalue weighted by Crippen LogP contribution is 2.23. The molecule has 2 heterocycles. The summed E-state index contributed by atoms with van der Waals surface area (Å²) in [7, 11) is 4.05. The molecular weight excluding hydrogens is 446 g/mol. The van der Waals surface area contributed by atoms with E-state index in [9.17, 15) is 4.79 Å². The molecule has 0 saturated heterocycles. The number of halogens is 1. The van der Waals surface area contributed by atoms with Crippen molar-refractivity contribution < 1.29 is 18.7 Å². The lowest BCUT2D eigenvalue weighted by molar-refractivity contribution is -0.671. The minimum absolute atomic E-state index is 0.0320. The van der Waals surface area contributed by atoms with Crippen molar-refractivity contribution >= 4 is 23.2 Å². The highest BCUT2D eigenvalue weighted by atomic mass is 35.5. The fourth-order valence-corrected chi connectivity index (χ4v) is 3.58. The standard InChI is InChI=1S/C16H22ClNO2.C12H14N2/c1-4-20-11-10-18(15(19)12-17)16(13(2)3)14-8-6-5-7-9-14;1-13-7-3-11(4-8-13)12-5-9-14(2)10-6-12/h5-9H,4,10-12H2,1-3H3;3-10H,1-2H3/q;+2. The van der Waals surface area contributed by atoms with Gasteiger partial charge in [-0.1, -0.05) is 35.9 Å². The monoisotopic (exact) mass is 481 g/mol. The molecule has 0 saturated carbocycles. The molecule has 0 aliphatic rings. The summed E-state index contributed by atoms with van der Waals surface area (Å²) >= 11 is 5.74. The van der Waals surface area contributed by atoms with Gasteiger partial charge in [-0.2, -0.15) is 0 Å². The van der Waals surface area contributed by atoms with Gasteiger partial charge in [0.1, 0.15) is 20.0 Å². The fourth-order valence-electron chi connectivity index (χ4n) is 3.43. The van der Waals surface area contributed by atoms with Crippen LogP contribution in [0.5, 0.6) is 0 Å². The summed E-state index contributed by atoms with van der Waals surface area (Å²) in [5.41, 5.74) is 5.51. The Morgan fingerprint density at radius 1 is 0.882 bits per heavy atom. The molecule has 0 N–H and O–H groups in total. The van der Waals surface area contributed by atoms with E-state index in [1.165, 1.54) is 11.1 Å². The molecule has 1 aromatic carbocycles. The van der Waals surface area contributed by atoms with Crippen molar-refractivity contribution in [1.82, 2.24) is 4.90 Å². The van der Waals surface area contributed by atoms with Crippen LogP contribution in [0.3, 0.4) is 0 Å². The van der Waals surface area contributed by atoms with Crippen LogP contribution in [-0.4, -0.2) is 36.4 Å². The Morgan fingerprint density at radius 3 is 1.79 bits per heavy atom. The molecule has 0 aliphatic carbocycles. The van der Waals surface area contributed by atoms with E-state index in [1.807, 2.05) is 74.3 Å². The molecule has 34 heavy (non-hydrogen) atoms. The van der Waals surface area contributed by atoms with Gasteiger partial charge < -0.3 is 9.64 Å². The van der Waals surface area contributed by atoms with Crippen LogP contribution in [0.2, 0.25) is 0 Å². The van der Waals surface area contributed by atoms with E-state index in [2.05, 4.69) is 49.1 Å². The topological polar surface area (TPSA) is 37.3 Å². The second-order valence-electron chi connectivity index (χ2n) is 8.10. The van der Waals surface area contributed by atoms with E-state index in [1.54, 1.807) is 4.90 Å². The Morgan fingerprint density at radius 2 is 1.38 bits per heavy atom. The number of ether oxygens (including phenoxy) is 1. The first-order chi connectivity index (χ1) is 16.4. The van der Waals surface area contributed by atoms with Crippen LogP contribution in [0, 0.1) is 0 Å². The second-order valence-corrected chi connectivity index (χ2v) is 8.36. The zero-order chi connectivity index (χ0) is 24.9. The van der Waals surface area contributed by atoms with Crippen molar-refractivity contribution in [2.24, 2.45) is 14.1 Å². The molecule has 6 heteroatoms. The second kappa shape index (κ2) is 14.3. The number of pyridine rings is 2. The van der Waals surface area contributed by atoms with Gasteiger partial charge in [-0.25, -0.2) is 9.13 Å². The normalized spacial score (nSPS) is 10.2. The Labute approximate surface area is 208 Å². The Kier molecular flexibility index (Phi) is 11.4. The molecule has 0 unspecified atom stereocenters. The predicted molar refractivity (Wildman–Crippen MR) is 138 cm³/mol. The summed E-state index contributed by atoms with van der Waals surface area (Å²) in [6, 6.07) is 18.4. The minimum Gasteiger partial charge on any atom is -0.380 e. The average Bonchev–Trinajstić information content (AvgIpc) is 2.85. The maximum atomic E-state index is 12.1. The molecule has 2 aromatic heterocycles. The highest BCUT2D eigenvalue weighted by Gasteiger charge is 2.19. The van der Waals surface area contributed by atoms with Gasteiger partial charge in [-0.05, 0) is 37.5 Å². The van der Waals surface area contributed by atoms with Crippen LogP contribution >= 0.6 is 11.6 Å². The van der Waals surface area contributed by atoms with Crippen LogP contribution in [0.15, 0.2) is 85.0 Å². The number of carbonyl (C=O) groups is 1. The van der Waals surface area contributed by atoms with Crippen molar-refractivity contribution in [2.45, 2.75) is 20.8 Å². The molecule has 5 nitrogen and oxygen atoms in total. The molecule has 180 valence electrons. The van der Waals surface area contributed by atoms with Crippen LogP contribution in [-0.2, 0) is 23.6 Å². The number of amides is 1. The number of nitrogens with zero attached hydrogens (tertiary/aromatic N) is 3. The predicted octanol–water partition coefficient (Wildman–Crippen LogP) is 4.54. The largest absolute Gasteiger partial charge is 0.380 e. The molecule has 0 bridgehead atoms. The lowest BCUT2D eigenvalue weighted by atomic mass is 10.1. The Bertz CT molecular complexity index is 1000. The molecule has 0 spiro atoms. The first-order valence-electron chi connectivity index (χ1n) is 11.4. The summed E-state index contributed by atoms with van der Waals surface area (Å²) in [4.78, 5) is 13.8. The highest BCUT2D eigenvalue weighted by molar-refractivity contribution is 6.27. The van der Waals surface area contributed by atoms with Crippen LogP contribution in [0.25, 0.3) is 16.8 Å². The lowest BCUT2D eigenvalue weighted by Crippen LogP contribution is -2.34. The van der Waals surface area contributed by atoms with Crippen molar-refractivity contribution in [3.05, 3.63) is 90.5 Å². The zero-order valence-corrected chi connectivity index (χ0v) is 21.6. The molecule has 0 fully saturated rings. The van der Waals surface area contributed by atoms with Gasteiger partial charge in [-0.3, -0.25) is 4.79 Å². The van der Waals surface area contributed by atoms with E-state index in [0.29, 0.717) is 19.8 Å². The third-order valence-electron chi connectivity index (χ3n) is 5.16. The zero-order valence-electron chi connectivity index (χ0n) is 20.9. The average molecular weight is 482 g/mol. The first kappa shape index (κ1) is 27.2. The third kappa shape index (κ3) is 8.40. The third-order valence-corrected chi connectivity index (χ3v) is 5.39. The van der Waals surface area contributed by atoms with Gasteiger partial charge in [0.15, 0.2) is 24.8 Å². The van der Waals surface area contributed by atoms with Crippen molar-refractivity contribution in [3.63, 3.8) is 0 Å². The molecule has 0 atom stereocenters. The van der Waals surface area contributed by atoms with E-state index in [4.69, 9.17) is 16.3 Å². The summed E-state index contributed by atoms with van der Waals surface area (Å²) < 4.78 is 9.43. The maximum Gasteiger partial charge on any atom is 0.242 e. The lowest BCUT2D eigenvalue weighted by Gasteiger charge is -2.26. The number of rotatable bonds is 8. The van der Waals surface area contributed by atoms with E-state index < -0.39 is 0 Å². The number of aryl methyl sites for hydroxylation is 2. The number of alkyl halides is 1. The van der Waals surface area contributed by atoms with Crippen LogP contribution < -0.4 is 9.13 Å². The van der Waals surface area contributed by atoms with Crippen LogP contribution in [0.4, 0.5) is 0 Å². The number of carbonyl (C=O) groups excluding carboxylic acids is 1. The Balaban J connectivity index is 0.000000254. The van der Waals surface area contributed by atoms with E-state index in [0.717, 1.165) is 16.8 Å². The Hall–Kier alpha value is -3.02. The molecule has 0 radical (unpaired) electrons. The number of allylic oxidation sites excluding steroid dienone is 1. The first-order valence-corrected chi connectivity index (χ1v) is 12.0. The molecule has 3 aromatic rings. The summed E-state index contributed by atoms with van der Waals surface area (Å²) in [6.07, 6.45) is 8.23. The fraction of sp³-hybridized carbons (Fsp3) is 0.321. The molecule has 1 amide bonds. The smallest absolute Gasteiger partial charge is 0.242 e. The van der Waals surface area contributed by atoms with Gasteiger partial charge in [-0.15, -0.1) is 11.6 Å². The number of hydrogen-bond acceptors (Lipinski definition) is 2. The summed E-state index contributed by atoms with van der Waals surface area (Å²) in [6.45, 7) is 7.58. The molecular formula is C28H36ClN3O2+2. The van der Waals surface area contributed by atoms with Crippen molar-refractivity contribution in [2.75, 3.05) is 25.6 Å². The van der Waals surface area contributed by atoms with Gasteiger partial charge in [0.2, 0.25) is 5.91 Å². The summed E-state index contributed by atoms with van der Waals surface area (Å²) in [5, 5.41) is 0. The quantitative estimate of drug-likeness (QED) is 0.269. The number of benzene rings is 1. The molecule has 3 rings (SSSR count). The molecule has 0 aliphatic heterocycles. The van der Waals surface area contributed by atoms with Gasteiger partial charge in [0.05, 0.1) is 6.61 Å². The number of hydrogen-bond donors (Lipinski definition) is 0. The van der Waals surface area contributed by atoms with Crippen molar-refractivity contribution in [1.29, 1.82) is 0 Å². The van der Waals surface area contributed by atoms with Gasteiger partial charge >= 0.3 is 0 Å². The maximum absolute atomic E-state index is 12.1. The van der Waals surface area contributed by atoms with Gasteiger partial charge in [0.25, 0.3) is 0 Å². The van der Waals surface area contributed by atoms with Crippen molar-refractivity contribution in [3.8, 4) is 11.1 Å². The van der Waals surface area contributed by atoms with E-state index in [-0.39, 0.29) is 11.8 Å². The summed E-state index contributed by atoms with van der Waals surface area (Å²) in [5.74, 6) is -0.137.